The van der Waals surface area contributed by atoms with Crippen molar-refractivity contribution in [3.05, 3.63) is 101 Å². The SMILES string of the molecule is C[C@H](CC(=O)O)[C@@H]1NC(=O)[C@@H](CO)NC(=O)CNC(=O)[C@H](CC(=O)O)NC(=O)[C@@H](C)NC(=O)[C@H](CC(=O)O)NC(=O)[C@H](CCCNC(=O)OCc2ccccc2)NC(=O)CNC(=O)[C@@H](NC(=O)[C@H](CC(=O)O)NC(=O)[C@@H](CC(N)=O)NC(=O)[C@@H](N)Cc2ccc(F)cc2)[C@@H](C)OC(=O)[C@H](CC(=O)c2ccccc2N)NC1=O. The highest BCUT2D eigenvalue weighted by Gasteiger charge is 2.41. The predicted octanol–water partition coefficient (Wildman–Crippen LogP) is -7.29. The number of nitrogens with one attached hydrogen (secondary N) is 13. The number of Topliss-reactive ketones (excluding diaryl/α,β-unsaturated/α-hetero) is 1. The van der Waals surface area contributed by atoms with E-state index in [4.69, 9.17) is 26.7 Å². The molecule has 0 radical (unpaired) electrons. The van der Waals surface area contributed by atoms with Crippen LogP contribution < -0.4 is 86.3 Å². The normalized spacial score (nSPS) is 21.3. The number of hydrogen-bond donors (Lipinski definition) is 21. The monoisotopic (exact) mass is 1580 g/mol. The molecule has 1 heterocycles. The highest BCUT2D eigenvalue weighted by Crippen LogP contribution is 2.18. The summed E-state index contributed by atoms with van der Waals surface area (Å²) in [4.78, 5) is 270. The minimum atomic E-state index is -2.49. The van der Waals surface area contributed by atoms with Crippen LogP contribution in [0.3, 0.4) is 0 Å². The number of halogens is 1. The highest BCUT2D eigenvalue weighted by atomic mass is 19.1. The van der Waals surface area contributed by atoms with Crippen LogP contribution in [0.4, 0.5) is 14.9 Å². The molecule has 43 nitrogen and oxygen atoms in total. The Bertz CT molecular complexity index is 3990. The number of aliphatic hydroxyl groups excluding tert-OH is 1. The average molecular weight is 1580 g/mol. The van der Waals surface area contributed by atoms with Gasteiger partial charge in [-0.3, -0.25) is 86.3 Å². The van der Waals surface area contributed by atoms with Crippen molar-refractivity contribution in [2.75, 3.05) is 32.0 Å². The number of hydrogen-bond acceptors (Lipinski definition) is 25. The van der Waals surface area contributed by atoms with Gasteiger partial charge in [0.05, 0.1) is 57.8 Å². The number of amides is 14. The van der Waals surface area contributed by atoms with Crippen LogP contribution in [0.5, 0.6) is 0 Å². The van der Waals surface area contributed by atoms with Crippen molar-refractivity contribution in [2.24, 2.45) is 17.4 Å². The predicted molar refractivity (Wildman–Crippen MR) is 377 cm³/mol. The second-order valence-corrected chi connectivity index (χ2v) is 25.3. The van der Waals surface area contributed by atoms with E-state index < -0.39 is 267 Å². The Morgan fingerprint density at radius 3 is 1.70 bits per heavy atom. The van der Waals surface area contributed by atoms with Gasteiger partial charge in [0.25, 0.3) is 0 Å². The maximum Gasteiger partial charge on any atom is 0.407 e. The molecule has 0 unspecified atom stereocenters. The van der Waals surface area contributed by atoms with Gasteiger partial charge >= 0.3 is 35.9 Å². The minimum Gasteiger partial charge on any atom is -0.481 e. The zero-order valence-electron chi connectivity index (χ0n) is 60.2. The lowest BCUT2D eigenvalue weighted by atomic mass is 9.96. The second-order valence-electron chi connectivity index (χ2n) is 25.3. The maximum atomic E-state index is 14.8. The number of carboxylic acid groups (broad SMARTS) is 4. The number of aliphatic hydroxyl groups is 1. The van der Waals surface area contributed by atoms with E-state index in [9.17, 15) is 126 Å². The molecule has 3 aromatic carbocycles. The molecule has 112 heavy (non-hydrogen) atoms. The van der Waals surface area contributed by atoms with E-state index in [1.165, 1.54) is 36.4 Å². The quantitative estimate of drug-likeness (QED) is 0.0133. The molecule has 4 rings (SSSR count). The van der Waals surface area contributed by atoms with E-state index in [0.717, 1.165) is 32.9 Å². The summed E-state index contributed by atoms with van der Waals surface area (Å²) < 4.78 is 24.5. The standard InChI is InChI=1S/C68H87FN16O27/c1-31(20-51(91)92)55-66(108)83-45(22-47(87)37-12-7-8-13-38(37)70)67(109)112-33(3)56(85-63(105)44(26-54(97)98)82-62(104)41(23-48(72)88)80-58(100)39(71)21-34-15-17-36(69)18-16-34)65(107)75-28-49(89)77-40(14-9-19-73-68(110)111-30-35-10-5-4-6-11-35)60(102)81-43(25-53(95)96)61(103)76-32(2)57(99)79-42(24-52(93)94)59(101)74-27-50(90)78-46(29-86)64(106)84-55/h4-8,10-13,15-18,31-33,39-46,55-56,86H,9,14,19-30,70-71H2,1-3H3,(H2,72,88)(H,73,110)(H,74,101)(H,75,107)(H,76,103)(H,77,89)(H,78,90)(H,79,99)(H,80,100)(H,81,102)(H,82,104)(H,83,108)(H,84,106)(H,85,105)(H,91,92)(H,93,94)(H,95,96)(H,97,98)/t31-,32-,33-,39+,40+,41-,42+,43+,44+,45+,46-,55+,56+/m1/s1. The molecule has 24 N–H and O–H groups in total. The number of aliphatic carboxylic acids is 4. The van der Waals surface area contributed by atoms with E-state index in [1.54, 1.807) is 30.3 Å². The fourth-order valence-corrected chi connectivity index (χ4v) is 10.4. The second kappa shape index (κ2) is 44.9. The van der Waals surface area contributed by atoms with E-state index in [0.29, 0.717) is 11.1 Å². The summed E-state index contributed by atoms with van der Waals surface area (Å²) in [5.74, 6) is -30.5. The van der Waals surface area contributed by atoms with Crippen LogP contribution in [0.15, 0.2) is 78.9 Å². The van der Waals surface area contributed by atoms with Crippen LogP contribution in [0.25, 0.3) is 0 Å². The maximum absolute atomic E-state index is 14.8. The summed E-state index contributed by atoms with van der Waals surface area (Å²) >= 11 is 0. The Labute approximate surface area is 635 Å². The molecule has 44 heteroatoms. The Morgan fingerprint density at radius 1 is 0.571 bits per heavy atom. The van der Waals surface area contributed by atoms with E-state index in [1.807, 2.05) is 26.6 Å². The van der Waals surface area contributed by atoms with Crippen LogP contribution in [0.1, 0.15) is 93.6 Å². The topological polar surface area (TPSA) is 695 Å². The molecule has 1 aliphatic rings. The number of ether oxygens (including phenoxy) is 2. The number of para-hydroxylation sites is 1. The first-order valence-corrected chi connectivity index (χ1v) is 34.1. The molecule has 608 valence electrons. The van der Waals surface area contributed by atoms with Crippen molar-refractivity contribution >= 4 is 124 Å². The Morgan fingerprint density at radius 2 is 1.11 bits per heavy atom. The number of esters is 1. The Hall–Kier alpha value is -13.3. The number of primary amides is 1. The van der Waals surface area contributed by atoms with Crippen LogP contribution in [0.2, 0.25) is 0 Å². The lowest BCUT2D eigenvalue weighted by Gasteiger charge is -2.30. The fourth-order valence-electron chi connectivity index (χ4n) is 10.4. The molecule has 1 aliphatic heterocycles. The first-order chi connectivity index (χ1) is 52.7. The zero-order valence-corrected chi connectivity index (χ0v) is 60.2. The average Bonchev–Trinajstić information content (AvgIpc) is 0.931. The number of rotatable bonds is 29. The van der Waals surface area contributed by atoms with E-state index in [2.05, 4.69) is 42.5 Å². The fraction of sp³-hybridized carbons (Fsp3) is 0.441. The number of cyclic esters (lactones) is 1. The summed E-state index contributed by atoms with van der Waals surface area (Å²) in [6.07, 6.45) is -11.4. The van der Waals surface area contributed by atoms with Crippen molar-refractivity contribution in [1.29, 1.82) is 0 Å². The summed E-state index contributed by atoms with van der Waals surface area (Å²) in [6, 6.07) is -5.00. The van der Waals surface area contributed by atoms with Crippen molar-refractivity contribution in [1.82, 2.24) is 69.1 Å². The van der Waals surface area contributed by atoms with Gasteiger partial charge in [0.1, 0.15) is 78.9 Å². The number of carboxylic acids is 4. The molecule has 0 bridgehead atoms. The van der Waals surface area contributed by atoms with Crippen LogP contribution in [-0.4, -0.2) is 243 Å². The van der Waals surface area contributed by atoms with Crippen molar-refractivity contribution < 1.29 is 135 Å². The summed E-state index contributed by atoms with van der Waals surface area (Å²) in [6.45, 7) is -1.49. The molecule has 0 spiro atoms. The van der Waals surface area contributed by atoms with Gasteiger partial charge in [-0.1, -0.05) is 61.5 Å². The van der Waals surface area contributed by atoms with Gasteiger partial charge in [-0.25, -0.2) is 14.0 Å². The summed E-state index contributed by atoms with van der Waals surface area (Å²) in [7, 11) is 0. The third-order valence-electron chi connectivity index (χ3n) is 16.3. The van der Waals surface area contributed by atoms with E-state index >= 15 is 0 Å². The smallest absolute Gasteiger partial charge is 0.407 e. The third kappa shape index (κ3) is 31.5. The number of carbonyl (C=O) groups is 20. The highest BCUT2D eigenvalue weighted by molar-refractivity contribution is 6.05. The largest absolute Gasteiger partial charge is 0.481 e. The van der Waals surface area contributed by atoms with Gasteiger partial charge in [0, 0.05) is 24.2 Å². The van der Waals surface area contributed by atoms with Gasteiger partial charge < -0.3 is 121 Å². The summed E-state index contributed by atoms with van der Waals surface area (Å²) in [5, 5.41) is 77.1. The third-order valence-corrected chi connectivity index (χ3v) is 16.3. The molecule has 13 atom stereocenters. The number of nitrogens with two attached hydrogens (primary N) is 3. The van der Waals surface area contributed by atoms with Crippen LogP contribution in [0, 0.1) is 11.7 Å². The van der Waals surface area contributed by atoms with E-state index in [-0.39, 0.29) is 37.2 Å². The lowest BCUT2D eigenvalue weighted by molar-refractivity contribution is -0.156. The van der Waals surface area contributed by atoms with Gasteiger partial charge in [0.2, 0.25) is 76.8 Å². The van der Waals surface area contributed by atoms with Gasteiger partial charge in [0.15, 0.2) is 5.78 Å². The Balaban J connectivity index is 1.90. The van der Waals surface area contributed by atoms with Crippen molar-refractivity contribution in [3.8, 4) is 0 Å². The minimum absolute atomic E-state index is 0.203. The zero-order chi connectivity index (χ0) is 83.6. The molecular formula is C68H87FN16O27. The number of anilines is 1. The van der Waals surface area contributed by atoms with Crippen LogP contribution in [-0.2, 0) is 109 Å². The molecular weight excluding hydrogens is 1490 g/mol. The molecule has 0 aliphatic carbocycles. The molecule has 1 fully saturated rings. The van der Waals surface area contributed by atoms with Crippen LogP contribution >= 0.6 is 0 Å². The van der Waals surface area contributed by atoms with Crippen molar-refractivity contribution in [2.45, 2.75) is 158 Å². The first kappa shape index (κ1) is 91.1. The number of nitrogen functional groups attached to an aromatic ring is 1. The number of benzene rings is 3. The lowest BCUT2D eigenvalue weighted by Crippen LogP contribution is -2.61. The first-order valence-electron chi connectivity index (χ1n) is 34.1. The van der Waals surface area contributed by atoms with Crippen molar-refractivity contribution in [3.63, 3.8) is 0 Å². The van der Waals surface area contributed by atoms with Gasteiger partial charge in [-0.05, 0) is 74.4 Å². The molecule has 1 saturated heterocycles. The number of carbonyl (C=O) groups excluding carboxylic acids is 16. The molecule has 0 saturated carbocycles. The van der Waals surface area contributed by atoms with Gasteiger partial charge in [-0.2, -0.15) is 0 Å². The molecule has 0 aromatic heterocycles. The van der Waals surface area contributed by atoms with Gasteiger partial charge in [-0.15, -0.1) is 0 Å². The molecule has 3 aromatic rings. The number of ketones is 1. The number of alkyl carbamates (subject to hydrolysis) is 1. The summed E-state index contributed by atoms with van der Waals surface area (Å²) in [5.41, 5.74) is 17.9. The Kier molecular flexibility index (Phi) is 36.5. The molecule has 14 amide bonds.